The monoisotopic (exact) mass is 398 g/mol. The molecule has 0 aliphatic rings. The lowest BCUT2D eigenvalue weighted by molar-refractivity contribution is -0.902. The fraction of sp³-hybridized carbons (Fsp3) is 1.00. The van der Waals surface area contributed by atoms with Crippen molar-refractivity contribution in [3.63, 3.8) is 0 Å². The summed E-state index contributed by atoms with van der Waals surface area (Å²) in [4.78, 5) is 0. The number of hydrogen-bond donors (Lipinski definition) is 0. The Kier molecular flexibility index (Phi) is 17.7. The molecule has 0 atom stereocenters. The summed E-state index contributed by atoms with van der Waals surface area (Å²) in [5.41, 5.74) is 0. The van der Waals surface area contributed by atoms with Crippen LogP contribution in [0.2, 0.25) is 0 Å². The first-order valence-electron chi connectivity index (χ1n) is 12.9. The van der Waals surface area contributed by atoms with Gasteiger partial charge in [0.05, 0.1) is 54.9 Å². The van der Waals surface area contributed by atoms with Gasteiger partial charge in [0.1, 0.15) is 0 Å². The first kappa shape index (κ1) is 27.9. The lowest BCUT2D eigenvalue weighted by Crippen LogP contribution is -2.44. The minimum Gasteiger partial charge on any atom is -0.331 e. The van der Waals surface area contributed by atoms with Gasteiger partial charge < -0.3 is 8.97 Å². The number of unbranched alkanes of at least 4 members (excludes halogenated alkanes) is 15. The highest BCUT2D eigenvalue weighted by Crippen LogP contribution is 2.14. The minimum absolute atomic E-state index is 1.10. The zero-order valence-corrected chi connectivity index (χ0v) is 21.0. The van der Waals surface area contributed by atoms with E-state index in [9.17, 15) is 0 Å². The van der Waals surface area contributed by atoms with Crippen LogP contribution in [0.3, 0.4) is 0 Å². The fourth-order valence-corrected chi connectivity index (χ4v) is 4.17. The van der Waals surface area contributed by atoms with Gasteiger partial charge in [-0.3, -0.25) is 0 Å². The summed E-state index contributed by atoms with van der Waals surface area (Å²) in [6, 6.07) is 0. The molecule has 0 aromatic heterocycles. The molecular weight excluding hydrogens is 340 g/mol. The van der Waals surface area contributed by atoms with Crippen molar-refractivity contribution in [3.05, 3.63) is 0 Å². The Labute approximate surface area is 180 Å². The van der Waals surface area contributed by atoms with E-state index in [0.29, 0.717) is 0 Å². The molecule has 2 heteroatoms. The van der Waals surface area contributed by atoms with E-state index in [2.05, 4.69) is 42.2 Å². The van der Waals surface area contributed by atoms with E-state index in [1.54, 1.807) is 0 Å². The number of quaternary nitrogens is 2. The predicted octanol–water partition coefficient (Wildman–Crippen LogP) is 7.42. The van der Waals surface area contributed by atoms with Gasteiger partial charge in [-0.1, -0.05) is 96.8 Å². The topological polar surface area (TPSA) is 0 Å². The molecule has 0 aromatic carbocycles. The van der Waals surface area contributed by atoms with E-state index < -0.39 is 0 Å². The van der Waals surface area contributed by atoms with Crippen molar-refractivity contribution < 1.29 is 8.97 Å². The van der Waals surface area contributed by atoms with Gasteiger partial charge in [0.2, 0.25) is 0 Å². The summed E-state index contributed by atoms with van der Waals surface area (Å²) < 4.78 is 2.30. The van der Waals surface area contributed by atoms with Gasteiger partial charge in [0.15, 0.2) is 0 Å². The maximum Gasteiger partial charge on any atom is 0.0836 e. The van der Waals surface area contributed by atoms with E-state index in [1.807, 2.05) is 0 Å². The second kappa shape index (κ2) is 17.8. The average molecular weight is 399 g/mol. The third-order valence-corrected chi connectivity index (χ3v) is 6.21. The smallest absolute Gasteiger partial charge is 0.0836 e. The standard InChI is InChI=1S/C26H58N2/c1-7-8-9-10-11-12-13-14-15-16-17-18-19-20-21-22-25-28(5,6)26-23-24-27(2,3)4/h7-26H2,1-6H3/q+2. The van der Waals surface area contributed by atoms with Crippen LogP contribution in [-0.4, -0.2) is 63.8 Å². The zero-order chi connectivity index (χ0) is 21.1. The van der Waals surface area contributed by atoms with Crippen LogP contribution in [0.5, 0.6) is 0 Å². The molecule has 0 aromatic rings. The quantitative estimate of drug-likeness (QED) is 0.139. The van der Waals surface area contributed by atoms with Gasteiger partial charge >= 0.3 is 0 Å². The minimum atomic E-state index is 1.10. The predicted molar refractivity (Wildman–Crippen MR) is 129 cm³/mol. The number of hydrogen-bond acceptors (Lipinski definition) is 0. The Morgan fingerprint density at radius 1 is 0.357 bits per heavy atom. The first-order valence-corrected chi connectivity index (χ1v) is 12.9. The highest BCUT2D eigenvalue weighted by atomic mass is 15.3. The highest BCUT2D eigenvalue weighted by Gasteiger charge is 2.16. The molecule has 2 nitrogen and oxygen atoms in total. The van der Waals surface area contributed by atoms with Gasteiger partial charge in [0, 0.05) is 6.42 Å². The van der Waals surface area contributed by atoms with Crippen molar-refractivity contribution in [1.29, 1.82) is 0 Å². The summed E-state index contributed by atoms with van der Waals surface area (Å²) in [5, 5.41) is 0. The van der Waals surface area contributed by atoms with E-state index in [4.69, 9.17) is 0 Å². The van der Waals surface area contributed by atoms with Crippen LogP contribution in [-0.2, 0) is 0 Å². The summed E-state index contributed by atoms with van der Waals surface area (Å²) in [5.74, 6) is 0. The third-order valence-electron chi connectivity index (χ3n) is 6.21. The second-order valence-corrected chi connectivity index (χ2v) is 11.1. The van der Waals surface area contributed by atoms with Gasteiger partial charge in [-0.2, -0.15) is 0 Å². The largest absolute Gasteiger partial charge is 0.331 e. The van der Waals surface area contributed by atoms with Crippen molar-refractivity contribution in [2.75, 3.05) is 54.9 Å². The molecule has 28 heavy (non-hydrogen) atoms. The molecule has 0 fully saturated rings. The summed E-state index contributed by atoms with van der Waals surface area (Å²) >= 11 is 0. The summed E-state index contributed by atoms with van der Waals surface area (Å²) in [7, 11) is 11.7. The van der Waals surface area contributed by atoms with Crippen LogP contribution in [0, 0.1) is 0 Å². The molecule has 0 unspecified atom stereocenters. The molecule has 0 heterocycles. The van der Waals surface area contributed by atoms with Crippen molar-refractivity contribution >= 4 is 0 Å². The Bertz CT molecular complexity index is 317. The van der Waals surface area contributed by atoms with Crippen LogP contribution in [0.25, 0.3) is 0 Å². The van der Waals surface area contributed by atoms with E-state index >= 15 is 0 Å². The zero-order valence-electron chi connectivity index (χ0n) is 21.0. The third kappa shape index (κ3) is 22.2. The maximum absolute atomic E-state index is 2.42. The Hall–Kier alpha value is -0.0800. The lowest BCUT2D eigenvalue weighted by Gasteiger charge is -2.31. The van der Waals surface area contributed by atoms with E-state index in [0.717, 1.165) is 4.48 Å². The summed E-state index contributed by atoms with van der Waals surface area (Å²) in [6.07, 6.45) is 24.7. The van der Waals surface area contributed by atoms with Gasteiger partial charge in [-0.25, -0.2) is 0 Å². The summed E-state index contributed by atoms with van der Waals surface area (Å²) in [6.45, 7) is 6.28. The SMILES string of the molecule is CCCCCCCCCCCCCCCCCC[N+](C)(C)CCC[N+](C)(C)C. The highest BCUT2D eigenvalue weighted by molar-refractivity contribution is 4.50. The molecule has 0 rings (SSSR count). The van der Waals surface area contributed by atoms with Crippen LogP contribution in [0.1, 0.15) is 116 Å². The number of nitrogens with zero attached hydrogens (tertiary/aromatic N) is 2. The van der Waals surface area contributed by atoms with Gasteiger partial charge in [0.25, 0.3) is 0 Å². The second-order valence-electron chi connectivity index (χ2n) is 11.1. The van der Waals surface area contributed by atoms with Gasteiger partial charge in [-0.05, 0) is 12.8 Å². The van der Waals surface area contributed by atoms with Crippen LogP contribution >= 0.6 is 0 Å². The van der Waals surface area contributed by atoms with Crippen molar-refractivity contribution in [1.82, 2.24) is 0 Å². The van der Waals surface area contributed by atoms with Crippen molar-refractivity contribution in [2.24, 2.45) is 0 Å². The van der Waals surface area contributed by atoms with Crippen LogP contribution in [0.15, 0.2) is 0 Å². The molecular formula is C26H58N2+2. The molecule has 0 saturated heterocycles. The number of rotatable bonds is 21. The molecule has 0 spiro atoms. The Balaban J connectivity index is 3.28. The van der Waals surface area contributed by atoms with Crippen LogP contribution < -0.4 is 0 Å². The fourth-order valence-electron chi connectivity index (χ4n) is 4.17. The maximum atomic E-state index is 2.42. The van der Waals surface area contributed by atoms with E-state index in [-0.39, 0.29) is 0 Å². The Morgan fingerprint density at radius 3 is 1.04 bits per heavy atom. The van der Waals surface area contributed by atoms with Crippen LogP contribution in [0.4, 0.5) is 0 Å². The molecule has 0 amide bonds. The van der Waals surface area contributed by atoms with Crippen molar-refractivity contribution in [2.45, 2.75) is 116 Å². The van der Waals surface area contributed by atoms with Gasteiger partial charge in [-0.15, -0.1) is 0 Å². The molecule has 0 N–H and O–H groups in total. The molecule has 0 radical (unpaired) electrons. The molecule has 0 aliphatic carbocycles. The average Bonchev–Trinajstić information content (AvgIpc) is 2.60. The van der Waals surface area contributed by atoms with E-state index in [1.165, 1.54) is 133 Å². The lowest BCUT2D eigenvalue weighted by atomic mass is 10.0. The normalized spacial score (nSPS) is 12.6. The first-order chi connectivity index (χ1) is 13.3. The van der Waals surface area contributed by atoms with Crippen molar-refractivity contribution in [3.8, 4) is 0 Å². The molecule has 0 bridgehead atoms. The molecule has 0 aliphatic heterocycles. The molecule has 170 valence electrons. The Morgan fingerprint density at radius 2 is 0.679 bits per heavy atom. The molecule has 0 saturated carbocycles.